The highest BCUT2D eigenvalue weighted by molar-refractivity contribution is 7.80. The summed E-state index contributed by atoms with van der Waals surface area (Å²) in [5.41, 5.74) is 15.1. The molecule has 0 radical (unpaired) electrons. The first-order valence-corrected chi connectivity index (χ1v) is 8.66. The van der Waals surface area contributed by atoms with Gasteiger partial charge in [-0.15, -0.1) is 0 Å². The molecule has 0 aliphatic rings. The second kappa shape index (κ2) is 9.17. The zero-order valence-corrected chi connectivity index (χ0v) is 13.6. The lowest BCUT2D eigenvalue weighted by Crippen LogP contribution is -1.89. The molecule has 0 saturated carbocycles. The maximum absolute atomic E-state index is 8.74. The van der Waals surface area contributed by atoms with E-state index >= 15 is 0 Å². The van der Waals surface area contributed by atoms with Crippen molar-refractivity contribution in [1.29, 1.82) is 0 Å². The van der Waals surface area contributed by atoms with E-state index in [1.807, 2.05) is 48.5 Å². The lowest BCUT2D eigenvalue weighted by Gasteiger charge is -2.02. The minimum atomic E-state index is -4.67. The first-order valence-electron chi connectivity index (χ1n) is 5.87. The summed E-state index contributed by atoms with van der Waals surface area (Å²) in [5.74, 6) is 0. The number of anilines is 2. The summed E-state index contributed by atoms with van der Waals surface area (Å²) in [7, 11) is -9.33. The van der Waals surface area contributed by atoms with Crippen molar-refractivity contribution in [3.8, 4) is 11.1 Å². The standard InChI is InChI=1S/C12H12N2.2H2O4S/c13-11-5-1-9(2-6-11)10-3-7-12(14)8-4-10;2*1-5(2,3)4/h1-8H,13-14H2;2*(H2,1,2,3,4). The van der Waals surface area contributed by atoms with Crippen LogP contribution in [0.25, 0.3) is 11.1 Å². The molecular weight excluding hydrogens is 364 g/mol. The Kier molecular flexibility index (Phi) is 8.32. The molecule has 2 aromatic carbocycles. The van der Waals surface area contributed by atoms with E-state index in [4.69, 9.17) is 46.5 Å². The zero-order valence-electron chi connectivity index (χ0n) is 12.0. The van der Waals surface area contributed by atoms with Crippen LogP contribution in [0.3, 0.4) is 0 Å². The molecule has 0 fully saturated rings. The molecule has 8 N–H and O–H groups in total. The first-order chi connectivity index (χ1) is 10.8. The SMILES string of the molecule is Nc1ccc(-c2ccc(N)cc2)cc1.O=S(=O)(O)O.O=S(=O)(O)O. The van der Waals surface area contributed by atoms with Crippen LogP contribution in [0.1, 0.15) is 0 Å². The van der Waals surface area contributed by atoms with E-state index in [9.17, 15) is 0 Å². The van der Waals surface area contributed by atoms with Gasteiger partial charge in [0.05, 0.1) is 0 Å². The van der Waals surface area contributed by atoms with Gasteiger partial charge in [-0.2, -0.15) is 16.8 Å². The molecule has 2 aromatic rings. The molecule has 2 rings (SSSR count). The zero-order chi connectivity index (χ0) is 19.0. The van der Waals surface area contributed by atoms with E-state index < -0.39 is 20.8 Å². The quantitative estimate of drug-likeness (QED) is 0.308. The fourth-order valence-corrected chi connectivity index (χ4v) is 1.35. The van der Waals surface area contributed by atoms with Gasteiger partial charge in [-0.25, -0.2) is 0 Å². The van der Waals surface area contributed by atoms with Gasteiger partial charge in [-0.05, 0) is 35.4 Å². The van der Waals surface area contributed by atoms with Gasteiger partial charge in [0, 0.05) is 11.4 Å². The Bertz CT molecular complexity index is 742. The molecule has 0 bridgehead atoms. The molecule has 0 saturated heterocycles. The van der Waals surface area contributed by atoms with Crippen LogP contribution < -0.4 is 11.5 Å². The molecule has 0 unspecified atom stereocenters. The summed E-state index contributed by atoms with van der Waals surface area (Å²) < 4.78 is 63.2. The molecule has 0 aromatic heterocycles. The summed E-state index contributed by atoms with van der Waals surface area (Å²) in [5, 5.41) is 0. The average Bonchev–Trinajstić information content (AvgIpc) is 2.37. The Balaban J connectivity index is 0.000000442. The molecule has 0 aliphatic carbocycles. The molecule has 0 aliphatic heterocycles. The predicted molar refractivity (Wildman–Crippen MR) is 89.1 cm³/mol. The summed E-state index contributed by atoms with van der Waals surface area (Å²) in [6.07, 6.45) is 0. The molecule has 134 valence electrons. The number of rotatable bonds is 1. The molecule has 24 heavy (non-hydrogen) atoms. The predicted octanol–water partition coefficient (Wildman–Crippen LogP) is 1.21. The van der Waals surface area contributed by atoms with Crippen LogP contribution in [0.5, 0.6) is 0 Å². The molecular formula is C12H16N2O8S2. The van der Waals surface area contributed by atoms with Gasteiger partial charge in [0.2, 0.25) is 0 Å². The number of hydrogen-bond acceptors (Lipinski definition) is 6. The normalized spacial score (nSPS) is 10.7. The van der Waals surface area contributed by atoms with Crippen molar-refractivity contribution in [2.45, 2.75) is 0 Å². The Labute approximate surface area is 138 Å². The van der Waals surface area contributed by atoms with E-state index in [2.05, 4.69) is 0 Å². The number of nitrogens with two attached hydrogens (primary N) is 2. The highest BCUT2D eigenvalue weighted by atomic mass is 32.3. The Morgan fingerprint density at radius 2 is 0.708 bits per heavy atom. The van der Waals surface area contributed by atoms with Gasteiger partial charge >= 0.3 is 20.8 Å². The van der Waals surface area contributed by atoms with E-state index in [0.29, 0.717) is 0 Å². The summed E-state index contributed by atoms with van der Waals surface area (Å²) in [4.78, 5) is 0. The first kappa shape index (κ1) is 21.8. The maximum Gasteiger partial charge on any atom is 0.394 e. The van der Waals surface area contributed by atoms with Crippen molar-refractivity contribution >= 4 is 32.2 Å². The smallest absolute Gasteiger partial charge is 0.394 e. The van der Waals surface area contributed by atoms with E-state index in [-0.39, 0.29) is 0 Å². The Morgan fingerprint density at radius 1 is 0.542 bits per heavy atom. The van der Waals surface area contributed by atoms with Crippen LogP contribution in [0.4, 0.5) is 11.4 Å². The molecule has 10 nitrogen and oxygen atoms in total. The molecule has 0 spiro atoms. The van der Waals surface area contributed by atoms with E-state index in [1.54, 1.807) is 0 Å². The third-order valence-corrected chi connectivity index (χ3v) is 2.15. The van der Waals surface area contributed by atoms with Crippen LogP contribution in [-0.4, -0.2) is 35.0 Å². The van der Waals surface area contributed by atoms with Crippen molar-refractivity contribution in [3.63, 3.8) is 0 Å². The van der Waals surface area contributed by atoms with Crippen LogP contribution >= 0.6 is 0 Å². The molecule has 0 atom stereocenters. The van der Waals surface area contributed by atoms with Crippen molar-refractivity contribution in [3.05, 3.63) is 48.5 Å². The van der Waals surface area contributed by atoms with Crippen LogP contribution in [-0.2, 0) is 20.8 Å². The van der Waals surface area contributed by atoms with Crippen molar-refractivity contribution in [1.82, 2.24) is 0 Å². The average molecular weight is 380 g/mol. The van der Waals surface area contributed by atoms with Crippen molar-refractivity contribution in [2.24, 2.45) is 0 Å². The fraction of sp³-hybridized carbons (Fsp3) is 0. The highest BCUT2D eigenvalue weighted by Crippen LogP contribution is 2.21. The lowest BCUT2D eigenvalue weighted by molar-refractivity contribution is 0.378. The van der Waals surface area contributed by atoms with Crippen LogP contribution in [0.2, 0.25) is 0 Å². The Morgan fingerprint density at radius 3 is 0.875 bits per heavy atom. The largest absolute Gasteiger partial charge is 0.399 e. The fourth-order valence-electron chi connectivity index (χ4n) is 1.35. The van der Waals surface area contributed by atoms with E-state index in [0.717, 1.165) is 22.5 Å². The number of hydrogen-bond donors (Lipinski definition) is 6. The van der Waals surface area contributed by atoms with Crippen LogP contribution in [0, 0.1) is 0 Å². The van der Waals surface area contributed by atoms with Crippen molar-refractivity contribution in [2.75, 3.05) is 11.5 Å². The van der Waals surface area contributed by atoms with Gasteiger partial charge in [0.25, 0.3) is 0 Å². The minimum Gasteiger partial charge on any atom is -0.399 e. The molecule has 0 heterocycles. The number of nitrogen functional groups attached to an aromatic ring is 2. The summed E-state index contributed by atoms with van der Waals surface area (Å²) in [6.45, 7) is 0. The summed E-state index contributed by atoms with van der Waals surface area (Å²) in [6, 6.07) is 15.6. The number of benzene rings is 2. The van der Waals surface area contributed by atoms with Gasteiger partial charge in [0.1, 0.15) is 0 Å². The van der Waals surface area contributed by atoms with E-state index in [1.165, 1.54) is 0 Å². The highest BCUT2D eigenvalue weighted by Gasteiger charge is 1.95. The minimum absolute atomic E-state index is 0.782. The third kappa shape index (κ3) is 14.7. The second-order valence-corrected chi connectivity index (χ2v) is 5.93. The Hall–Kier alpha value is -2.22. The lowest BCUT2D eigenvalue weighted by atomic mass is 10.1. The second-order valence-electron chi connectivity index (χ2n) is 4.14. The van der Waals surface area contributed by atoms with Gasteiger partial charge in [0.15, 0.2) is 0 Å². The molecule has 12 heteroatoms. The monoisotopic (exact) mass is 380 g/mol. The molecule has 0 amide bonds. The van der Waals surface area contributed by atoms with Gasteiger partial charge in [-0.1, -0.05) is 24.3 Å². The topological polar surface area (TPSA) is 201 Å². The van der Waals surface area contributed by atoms with Crippen molar-refractivity contribution < 1.29 is 35.0 Å². The van der Waals surface area contributed by atoms with Gasteiger partial charge in [-0.3, -0.25) is 18.2 Å². The van der Waals surface area contributed by atoms with Crippen LogP contribution in [0.15, 0.2) is 48.5 Å². The summed E-state index contributed by atoms with van der Waals surface area (Å²) >= 11 is 0. The third-order valence-electron chi connectivity index (χ3n) is 2.15. The maximum atomic E-state index is 8.74. The van der Waals surface area contributed by atoms with Gasteiger partial charge < -0.3 is 11.5 Å².